The van der Waals surface area contributed by atoms with Gasteiger partial charge in [-0.3, -0.25) is 0 Å². The van der Waals surface area contributed by atoms with Crippen LogP contribution in [0.3, 0.4) is 0 Å². The Morgan fingerprint density at radius 2 is 2.00 bits per heavy atom. The van der Waals surface area contributed by atoms with Crippen molar-refractivity contribution in [3.63, 3.8) is 0 Å². The summed E-state index contributed by atoms with van der Waals surface area (Å²) in [4.78, 5) is 0. The molecule has 0 amide bonds. The molecule has 0 radical (unpaired) electrons. The van der Waals surface area contributed by atoms with E-state index in [-0.39, 0.29) is 11.0 Å². The van der Waals surface area contributed by atoms with Gasteiger partial charge in [-0.2, -0.15) is 0 Å². The van der Waals surface area contributed by atoms with E-state index in [9.17, 15) is 5.11 Å². The quantitative estimate of drug-likeness (QED) is 0.621. The third-order valence-corrected chi connectivity index (χ3v) is 3.81. The molecule has 2 N–H and O–H groups in total. The van der Waals surface area contributed by atoms with E-state index in [1.165, 1.54) is 19.3 Å². The van der Waals surface area contributed by atoms with Crippen molar-refractivity contribution in [2.24, 2.45) is 5.41 Å². The number of nitrogens with one attached hydrogen (secondary N) is 1. The van der Waals surface area contributed by atoms with E-state index in [1.807, 2.05) is 0 Å². The van der Waals surface area contributed by atoms with Crippen LogP contribution in [0.25, 0.3) is 0 Å². The predicted octanol–water partition coefficient (Wildman–Crippen LogP) is 0.901. The number of β-amino-alcohol motifs (C(OH)–C–C–N with tert-alkyl or cyclic N) is 1. The van der Waals surface area contributed by atoms with E-state index in [0.717, 1.165) is 19.5 Å². The number of hydrogen-bond donors (Lipinski definition) is 2. The molecule has 1 saturated heterocycles. The fourth-order valence-corrected chi connectivity index (χ4v) is 2.49. The van der Waals surface area contributed by atoms with Crippen LogP contribution in [0.1, 0.15) is 32.6 Å². The second-order valence-electron chi connectivity index (χ2n) is 4.12. The Bertz CT molecular complexity index is 153. The monoisotopic (exact) mass is 155 g/mol. The summed E-state index contributed by atoms with van der Waals surface area (Å²) in [5, 5.41) is 13.3. The molecule has 1 saturated carbocycles. The number of hydrogen-bond acceptors (Lipinski definition) is 2. The topological polar surface area (TPSA) is 32.3 Å². The maximum atomic E-state index is 10.1. The van der Waals surface area contributed by atoms with Gasteiger partial charge < -0.3 is 10.4 Å². The highest BCUT2D eigenvalue weighted by atomic mass is 16.3. The summed E-state index contributed by atoms with van der Waals surface area (Å²) >= 11 is 0. The van der Waals surface area contributed by atoms with Crippen molar-refractivity contribution < 1.29 is 5.11 Å². The largest absolute Gasteiger partial charge is 0.387 e. The van der Waals surface area contributed by atoms with Crippen molar-refractivity contribution >= 4 is 0 Å². The molecule has 1 aliphatic carbocycles. The molecule has 1 aliphatic heterocycles. The minimum absolute atomic E-state index is 0.290. The van der Waals surface area contributed by atoms with Crippen molar-refractivity contribution in [1.29, 1.82) is 0 Å². The molecule has 2 fully saturated rings. The van der Waals surface area contributed by atoms with Gasteiger partial charge in [-0.25, -0.2) is 0 Å². The van der Waals surface area contributed by atoms with Gasteiger partial charge in [0, 0.05) is 18.5 Å². The molecule has 0 unspecified atom stereocenters. The zero-order chi connectivity index (χ0) is 7.95. The van der Waals surface area contributed by atoms with Crippen LogP contribution in [-0.4, -0.2) is 23.8 Å². The smallest absolute Gasteiger partial charge is 0.0950 e. The first kappa shape index (κ1) is 7.56. The minimum Gasteiger partial charge on any atom is -0.387 e. The lowest BCUT2D eigenvalue weighted by atomic mass is 9.55. The average Bonchev–Trinajstić information content (AvgIpc) is 1.83. The summed E-state index contributed by atoms with van der Waals surface area (Å²) in [7, 11) is 0. The highest BCUT2D eigenvalue weighted by Gasteiger charge is 2.55. The zero-order valence-corrected chi connectivity index (χ0v) is 7.19. The van der Waals surface area contributed by atoms with Gasteiger partial charge >= 0.3 is 0 Å². The third kappa shape index (κ3) is 0.798. The Hall–Kier alpha value is -0.0800. The molecule has 0 aromatic rings. The average molecular weight is 155 g/mol. The van der Waals surface area contributed by atoms with Crippen molar-refractivity contribution in [3.05, 3.63) is 0 Å². The van der Waals surface area contributed by atoms with Gasteiger partial charge in [-0.15, -0.1) is 0 Å². The molecule has 64 valence electrons. The van der Waals surface area contributed by atoms with E-state index >= 15 is 0 Å². The van der Waals surface area contributed by atoms with Crippen LogP contribution in [0, 0.1) is 5.41 Å². The van der Waals surface area contributed by atoms with Gasteiger partial charge in [-0.05, 0) is 19.3 Å². The SMILES string of the molecule is CCC1(C2(O)CNC2)CCC1. The lowest BCUT2D eigenvalue weighted by Crippen LogP contribution is -2.70. The van der Waals surface area contributed by atoms with E-state index in [2.05, 4.69) is 12.2 Å². The number of aliphatic hydroxyl groups is 1. The van der Waals surface area contributed by atoms with Gasteiger partial charge in [0.2, 0.25) is 0 Å². The molecule has 11 heavy (non-hydrogen) atoms. The van der Waals surface area contributed by atoms with Crippen LogP contribution in [0.4, 0.5) is 0 Å². The van der Waals surface area contributed by atoms with Crippen LogP contribution < -0.4 is 5.32 Å². The van der Waals surface area contributed by atoms with Gasteiger partial charge in [0.15, 0.2) is 0 Å². The van der Waals surface area contributed by atoms with Gasteiger partial charge in [0.25, 0.3) is 0 Å². The first-order valence-electron chi connectivity index (χ1n) is 4.66. The van der Waals surface area contributed by atoms with E-state index in [4.69, 9.17) is 0 Å². The molecule has 2 nitrogen and oxygen atoms in total. The molecule has 2 aliphatic rings. The molecule has 0 bridgehead atoms. The highest BCUT2D eigenvalue weighted by Crippen LogP contribution is 2.53. The molecular weight excluding hydrogens is 138 g/mol. The van der Waals surface area contributed by atoms with Crippen LogP contribution in [-0.2, 0) is 0 Å². The van der Waals surface area contributed by atoms with Crippen LogP contribution in [0.15, 0.2) is 0 Å². The Morgan fingerprint density at radius 1 is 1.36 bits per heavy atom. The van der Waals surface area contributed by atoms with E-state index in [1.54, 1.807) is 0 Å². The predicted molar refractivity (Wildman–Crippen MR) is 44.4 cm³/mol. The Morgan fingerprint density at radius 3 is 2.09 bits per heavy atom. The second-order valence-corrected chi connectivity index (χ2v) is 4.12. The normalized spacial score (nSPS) is 32.2. The maximum absolute atomic E-state index is 10.1. The van der Waals surface area contributed by atoms with Gasteiger partial charge in [0.05, 0.1) is 5.60 Å². The fourth-order valence-electron chi connectivity index (χ4n) is 2.49. The molecule has 1 heterocycles. The zero-order valence-electron chi connectivity index (χ0n) is 7.19. The van der Waals surface area contributed by atoms with Crippen molar-refractivity contribution in [2.75, 3.05) is 13.1 Å². The van der Waals surface area contributed by atoms with Crippen molar-refractivity contribution in [3.8, 4) is 0 Å². The Balaban J connectivity index is 2.10. The Labute approximate surface area is 68.0 Å². The van der Waals surface area contributed by atoms with Crippen LogP contribution >= 0.6 is 0 Å². The molecule has 2 heteroatoms. The van der Waals surface area contributed by atoms with E-state index in [0.29, 0.717) is 0 Å². The lowest BCUT2D eigenvalue weighted by Gasteiger charge is -2.57. The summed E-state index contributed by atoms with van der Waals surface area (Å²) in [5.41, 5.74) is -0.0573. The first-order valence-corrected chi connectivity index (χ1v) is 4.66. The summed E-state index contributed by atoms with van der Waals surface area (Å²) in [6.07, 6.45) is 4.94. The maximum Gasteiger partial charge on any atom is 0.0950 e. The van der Waals surface area contributed by atoms with Gasteiger partial charge in [-0.1, -0.05) is 13.3 Å². The van der Waals surface area contributed by atoms with Crippen LogP contribution in [0.5, 0.6) is 0 Å². The standard InChI is InChI=1S/C9H17NO/c1-2-8(4-3-5-8)9(11)6-10-7-9/h10-11H,2-7H2,1H3. The lowest BCUT2D eigenvalue weighted by molar-refractivity contribution is -0.158. The summed E-state index contributed by atoms with van der Waals surface area (Å²) < 4.78 is 0. The first-order chi connectivity index (χ1) is 5.22. The molecule has 0 aromatic heterocycles. The molecular formula is C9H17NO. The molecule has 0 spiro atoms. The summed E-state index contributed by atoms with van der Waals surface area (Å²) in [6.45, 7) is 3.84. The molecule has 0 atom stereocenters. The highest BCUT2D eigenvalue weighted by molar-refractivity contribution is 5.09. The second kappa shape index (κ2) is 2.20. The van der Waals surface area contributed by atoms with Crippen molar-refractivity contribution in [1.82, 2.24) is 5.32 Å². The third-order valence-electron chi connectivity index (χ3n) is 3.81. The Kier molecular flexibility index (Phi) is 1.52. The summed E-state index contributed by atoms with van der Waals surface area (Å²) in [5.74, 6) is 0. The summed E-state index contributed by atoms with van der Waals surface area (Å²) in [6, 6.07) is 0. The van der Waals surface area contributed by atoms with Crippen molar-refractivity contribution in [2.45, 2.75) is 38.2 Å². The van der Waals surface area contributed by atoms with Crippen LogP contribution in [0.2, 0.25) is 0 Å². The molecule has 0 aromatic carbocycles. The number of rotatable bonds is 2. The van der Waals surface area contributed by atoms with Gasteiger partial charge in [0.1, 0.15) is 0 Å². The fraction of sp³-hybridized carbons (Fsp3) is 1.00. The molecule has 2 rings (SSSR count). The van der Waals surface area contributed by atoms with E-state index < -0.39 is 0 Å². The minimum atomic E-state index is -0.347.